The molecule has 38 heavy (non-hydrogen) atoms. The number of nitrogens with one attached hydrogen (secondary N) is 1. The van der Waals surface area contributed by atoms with Gasteiger partial charge in [0.15, 0.2) is 5.13 Å². The van der Waals surface area contributed by atoms with Crippen molar-refractivity contribution in [1.82, 2.24) is 14.8 Å². The number of anilines is 1. The minimum atomic E-state index is -0.339. The van der Waals surface area contributed by atoms with E-state index in [9.17, 15) is 14.4 Å². The molecular formula is C29H33ClN4O3S. The largest absolute Gasteiger partial charge is 0.342 e. The summed E-state index contributed by atoms with van der Waals surface area (Å²) in [4.78, 5) is 46.4. The monoisotopic (exact) mass is 552 g/mol. The normalized spacial score (nSPS) is 13.9. The van der Waals surface area contributed by atoms with Crippen molar-refractivity contribution in [2.75, 3.05) is 25.0 Å². The highest BCUT2D eigenvalue weighted by Gasteiger charge is 2.25. The molecule has 2 heterocycles. The third-order valence-electron chi connectivity index (χ3n) is 6.75. The van der Waals surface area contributed by atoms with Crippen molar-refractivity contribution in [3.63, 3.8) is 0 Å². The van der Waals surface area contributed by atoms with Crippen molar-refractivity contribution < 1.29 is 14.4 Å². The predicted molar refractivity (Wildman–Crippen MR) is 152 cm³/mol. The van der Waals surface area contributed by atoms with E-state index < -0.39 is 0 Å². The van der Waals surface area contributed by atoms with Gasteiger partial charge < -0.3 is 15.1 Å². The van der Waals surface area contributed by atoms with Gasteiger partial charge in [-0.3, -0.25) is 14.4 Å². The summed E-state index contributed by atoms with van der Waals surface area (Å²) in [6.07, 6.45) is 3.26. The summed E-state index contributed by atoms with van der Waals surface area (Å²) in [5.74, 6) is 0.0731. The molecule has 1 fully saturated rings. The van der Waals surface area contributed by atoms with Gasteiger partial charge in [0.2, 0.25) is 11.8 Å². The maximum absolute atomic E-state index is 12.9. The number of piperidine rings is 1. The van der Waals surface area contributed by atoms with Gasteiger partial charge in [-0.2, -0.15) is 0 Å². The van der Waals surface area contributed by atoms with Crippen LogP contribution in [0.5, 0.6) is 0 Å². The van der Waals surface area contributed by atoms with Crippen LogP contribution < -0.4 is 5.32 Å². The molecule has 0 saturated carbocycles. The molecular weight excluding hydrogens is 520 g/mol. The molecule has 3 amide bonds. The number of amides is 3. The highest BCUT2D eigenvalue weighted by Crippen LogP contribution is 2.23. The maximum atomic E-state index is 12.9. The number of carbonyl (C=O) groups is 3. The molecule has 1 aliphatic rings. The second kappa shape index (κ2) is 13.0. The Hall–Kier alpha value is -3.23. The smallest absolute Gasteiger partial charge is 0.254 e. The van der Waals surface area contributed by atoms with Crippen LogP contribution in [0.25, 0.3) is 0 Å². The molecule has 1 N–H and O–H groups in total. The quantitative estimate of drug-likeness (QED) is 0.390. The summed E-state index contributed by atoms with van der Waals surface area (Å²) in [7, 11) is 0. The standard InChI is InChI=1S/C29H33ClN4O3S/c1-20(2)34(28(37)23-8-10-24(30)11-9-23)18-26(35)32-29-31-25(19-38-29)17-27(36)33-14-12-22(13-15-33)16-21-6-4-3-5-7-21/h3-11,19-20,22H,12-18H2,1-2H3,(H,31,32,35). The first-order valence-electron chi connectivity index (χ1n) is 12.9. The summed E-state index contributed by atoms with van der Waals surface area (Å²) in [6, 6.07) is 16.9. The SMILES string of the molecule is CC(C)N(CC(=O)Nc1nc(CC(=O)N2CCC(Cc3ccccc3)CC2)cs1)C(=O)c1ccc(Cl)cc1. The maximum Gasteiger partial charge on any atom is 0.254 e. The van der Waals surface area contributed by atoms with E-state index in [1.807, 2.05) is 24.8 Å². The number of nitrogens with zero attached hydrogens (tertiary/aromatic N) is 3. The Balaban J connectivity index is 1.25. The number of carbonyl (C=O) groups excluding carboxylic acids is 3. The topological polar surface area (TPSA) is 82.6 Å². The molecule has 4 rings (SSSR count). The van der Waals surface area contributed by atoms with Crippen molar-refractivity contribution >= 4 is 45.8 Å². The van der Waals surface area contributed by atoms with E-state index in [-0.39, 0.29) is 36.7 Å². The average Bonchev–Trinajstić information content (AvgIpc) is 3.34. The fourth-order valence-corrected chi connectivity index (χ4v) is 5.46. The van der Waals surface area contributed by atoms with Crippen LogP contribution in [-0.2, 0) is 22.4 Å². The second-order valence-corrected chi connectivity index (χ2v) is 11.2. The van der Waals surface area contributed by atoms with E-state index in [4.69, 9.17) is 11.6 Å². The van der Waals surface area contributed by atoms with Gasteiger partial charge in [-0.25, -0.2) is 4.98 Å². The van der Waals surface area contributed by atoms with E-state index in [1.54, 1.807) is 29.6 Å². The second-order valence-electron chi connectivity index (χ2n) is 9.92. The van der Waals surface area contributed by atoms with E-state index >= 15 is 0 Å². The molecule has 7 nitrogen and oxygen atoms in total. The third kappa shape index (κ3) is 7.65. The number of aromatic nitrogens is 1. The van der Waals surface area contributed by atoms with Crippen molar-refractivity contribution in [3.8, 4) is 0 Å². The molecule has 0 aliphatic carbocycles. The van der Waals surface area contributed by atoms with Crippen LogP contribution in [0.1, 0.15) is 48.3 Å². The number of hydrogen-bond donors (Lipinski definition) is 1. The molecule has 0 atom stereocenters. The summed E-state index contributed by atoms with van der Waals surface area (Å²) >= 11 is 7.20. The Labute approximate surface area is 232 Å². The van der Waals surface area contributed by atoms with Crippen LogP contribution in [0.4, 0.5) is 5.13 Å². The lowest BCUT2D eigenvalue weighted by Gasteiger charge is -2.32. The first kappa shape index (κ1) is 27.8. The summed E-state index contributed by atoms with van der Waals surface area (Å²) in [5.41, 5.74) is 2.45. The van der Waals surface area contributed by atoms with E-state index in [1.165, 1.54) is 21.8 Å². The summed E-state index contributed by atoms with van der Waals surface area (Å²) < 4.78 is 0. The van der Waals surface area contributed by atoms with Crippen LogP contribution in [0, 0.1) is 5.92 Å². The van der Waals surface area contributed by atoms with Gasteiger partial charge in [0.1, 0.15) is 6.54 Å². The number of rotatable bonds is 9. The average molecular weight is 553 g/mol. The van der Waals surface area contributed by atoms with E-state index in [0.717, 1.165) is 32.4 Å². The Morgan fingerprint density at radius 2 is 1.76 bits per heavy atom. The summed E-state index contributed by atoms with van der Waals surface area (Å²) in [5, 5.41) is 5.53. The first-order valence-corrected chi connectivity index (χ1v) is 14.2. The number of halogens is 1. The Morgan fingerprint density at radius 3 is 2.42 bits per heavy atom. The van der Waals surface area contributed by atoms with Gasteiger partial charge in [0.05, 0.1) is 12.1 Å². The molecule has 1 aromatic heterocycles. The van der Waals surface area contributed by atoms with Crippen LogP contribution >= 0.6 is 22.9 Å². The zero-order valence-corrected chi connectivity index (χ0v) is 23.3. The molecule has 200 valence electrons. The lowest BCUT2D eigenvalue weighted by atomic mass is 9.90. The van der Waals surface area contributed by atoms with Gasteiger partial charge in [-0.05, 0) is 68.9 Å². The molecule has 9 heteroatoms. The lowest BCUT2D eigenvalue weighted by Crippen LogP contribution is -2.42. The Morgan fingerprint density at radius 1 is 1.08 bits per heavy atom. The fourth-order valence-electron chi connectivity index (χ4n) is 4.61. The van der Waals surface area contributed by atoms with Gasteiger partial charge in [-0.1, -0.05) is 41.9 Å². The molecule has 3 aromatic rings. The zero-order valence-electron chi connectivity index (χ0n) is 21.7. The Kier molecular flexibility index (Phi) is 9.53. The number of benzene rings is 2. The molecule has 0 bridgehead atoms. The molecule has 0 unspecified atom stereocenters. The first-order chi connectivity index (χ1) is 18.3. The highest BCUT2D eigenvalue weighted by molar-refractivity contribution is 7.13. The van der Waals surface area contributed by atoms with Crippen LogP contribution in [0.3, 0.4) is 0 Å². The van der Waals surface area contributed by atoms with Crippen molar-refractivity contribution in [1.29, 1.82) is 0 Å². The van der Waals surface area contributed by atoms with Crippen LogP contribution in [0.2, 0.25) is 5.02 Å². The minimum absolute atomic E-state index is 0.0610. The number of thiazole rings is 1. The number of hydrogen-bond acceptors (Lipinski definition) is 5. The van der Waals surface area contributed by atoms with Gasteiger partial charge in [0.25, 0.3) is 5.91 Å². The van der Waals surface area contributed by atoms with Gasteiger partial charge in [-0.15, -0.1) is 11.3 Å². The third-order valence-corrected chi connectivity index (χ3v) is 7.81. The van der Waals surface area contributed by atoms with E-state index in [0.29, 0.717) is 27.3 Å². The van der Waals surface area contributed by atoms with Crippen LogP contribution in [0.15, 0.2) is 60.0 Å². The fraction of sp³-hybridized carbons (Fsp3) is 0.379. The van der Waals surface area contributed by atoms with Crippen LogP contribution in [-0.4, -0.2) is 58.2 Å². The molecule has 1 saturated heterocycles. The summed E-state index contributed by atoms with van der Waals surface area (Å²) in [6.45, 7) is 5.13. The molecule has 0 spiro atoms. The van der Waals surface area contributed by atoms with E-state index in [2.05, 4.69) is 34.6 Å². The Bertz CT molecular complexity index is 1240. The molecule has 0 radical (unpaired) electrons. The van der Waals surface area contributed by atoms with Gasteiger partial charge >= 0.3 is 0 Å². The van der Waals surface area contributed by atoms with Crippen molar-refractivity contribution in [2.24, 2.45) is 5.92 Å². The lowest BCUT2D eigenvalue weighted by molar-refractivity contribution is -0.131. The van der Waals surface area contributed by atoms with Crippen molar-refractivity contribution in [3.05, 3.63) is 81.8 Å². The predicted octanol–water partition coefficient (Wildman–Crippen LogP) is 5.31. The highest BCUT2D eigenvalue weighted by atomic mass is 35.5. The number of likely N-dealkylation sites (tertiary alicyclic amines) is 1. The minimum Gasteiger partial charge on any atom is -0.342 e. The molecule has 2 aromatic carbocycles. The van der Waals surface area contributed by atoms with Crippen molar-refractivity contribution in [2.45, 2.75) is 45.6 Å². The molecule has 1 aliphatic heterocycles. The van der Waals surface area contributed by atoms with Gasteiger partial charge in [0, 0.05) is 35.1 Å². The zero-order chi connectivity index (χ0) is 27.1.